The highest BCUT2D eigenvalue weighted by molar-refractivity contribution is 7.97. The van der Waals surface area contributed by atoms with Gasteiger partial charge in [-0.25, -0.2) is 13.2 Å². The fourth-order valence-corrected chi connectivity index (χ4v) is 13.3. The van der Waals surface area contributed by atoms with Crippen LogP contribution in [0.5, 0.6) is 5.75 Å². The Bertz CT molecular complexity index is 3100. The van der Waals surface area contributed by atoms with Crippen molar-refractivity contribution in [1.82, 2.24) is 5.06 Å². The molecule has 13 nitrogen and oxygen atoms in total. The third-order valence-corrected chi connectivity index (χ3v) is 17.8. The van der Waals surface area contributed by atoms with Gasteiger partial charge in [0.15, 0.2) is 31.4 Å². The van der Waals surface area contributed by atoms with Crippen molar-refractivity contribution in [3.8, 4) is 5.75 Å². The number of phenols is 1. The van der Waals surface area contributed by atoms with Gasteiger partial charge in [0.2, 0.25) is 0 Å². The smallest absolute Gasteiger partial charge is 0.416 e. The van der Waals surface area contributed by atoms with Gasteiger partial charge in [0.05, 0.1) is 44.3 Å². The Morgan fingerprint density at radius 2 is 1.19 bits per heavy atom. The van der Waals surface area contributed by atoms with Crippen LogP contribution in [0.1, 0.15) is 122 Å². The van der Waals surface area contributed by atoms with Gasteiger partial charge in [0, 0.05) is 23.6 Å². The molecule has 3 aliphatic rings. The van der Waals surface area contributed by atoms with E-state index in [0.29, 0.717) is 28.9 Å². The SMILES string of the molecule is CC(C)(C)c1cc(C(=O)OCC(F)(F)S(=O)(=O)[O-])cc(C(C)(C)C)c1O.CC1(C)C2CCC1(CS(=O)(=O)ON1C(=O)c3ccccc3C1=O)C(=O)C2.FC(F)(F)c1cccc([S+](c2ccccc2)c2ccccc2)c1. The molecule has 8 rings (SSSR count). The van der Waals surface area contributed by atoms with Crippen molar-refractivity contribution in [3.63, 3.8) is 0 Å². The van der Waals surface area contributed by atoms with Crippen molar-refractivity contribution in [2.24, 2.45) is 16.7 Å². The number of hydroxylamine groups is 2. The lowest BCUT2D eigenvalue weighted by atomic mass is 9.70. The number of aromatic hydroxyl groups is 1. The zero-order valence-electron chi connectivity index (χ0n) is 42.2. The number of esters is 1. The largest absolute Gasteiger partial charge is 0.743 e. The third kappa shape index (κ3) is 12.5. The number of hydrogen-bond acceptors (Lipinski definition) is 12. The number of imide groups is 1. The summed E-state index contributed by atoms with van der Waals surface area (Å²) in [5, 5.41) is 6.10. The summed E-state index contributed by atoms with van der Waals surface area (Å²) in [6, 6.07) is 33.5. The van der Waals surface area contributed by atoms with E-state index in [1.165, 1.54) is 36.4 Å². The fraction of sp³-hybridized carbons (Fsp3) is 0.370. The van der Waals surface area contributed by atoms with E-state index in [4.69, 9.17) is 4.28 Å². The molecule has 2 bridgehead atoms. The van der Waals surface area contributed by atoms with Crippen LogP contribution in [0.4, 0.5) is 22.0 Å². The highest BCUT2D eigenvalue weighted by Gasteiger charge is 2.66. The lowest BCUT2D eigenvalue weighted by Gasteiger charge is -2.35. The lowest BCUT2D eigenvalue weighted by molar-refractivity contribution is -0.137. The van der Waals surface area contributed by atoms with Crippen LogP contribution in [0.15, 0.2) is 136 Å². The van der Waals surface area contributed by atoms with E-state index >= 15 is 0 Å². The molecule has 2 atom stereocenters. The molecule has 5 aromatic rings. The quantitative estimate of drug-likeness (QED) is 0.0432. The Balaban J connectivity index is 0.000000183. The molecule has 5 aromatic carbocycles. The number of halogens is 5. The monoisotopic (exact) mass is 1100 g/mol. The highest BCUT2D eigenvalue weighted by Crippen LogP contribution is 2.64. The summed E-state index contributed by atoms with van der Waals surface area (Å²) in [6.07, 6.45) is -2.69. The zero-order chi connectivity index (χ0) is 55.9. The Morgan fingerprint density at radius 3 is 1.60 bits per heavy atom. The molecule has 0 aromatic heterocycles. The highest BCUT2D eigenvalue weighted by atomic mass is 32.2. The number of carbonyl (C=O) groups excluding carboxylic acids is 4. The Morgan fingerprint density at radius 1 is 0.720 bits per heavy atom. The number of ether oxygens (including phenoxy) is 1. The third-order valence-electron chi connectivity index (χ3n) is 13.6. The van der Waals surface area contributed by atoms with Gasteiger partial charge in [0.1, 0.15) is 11.5 Å². The number of rotatable bonds is 11. The summed E-state index contributed by atoms with van der Waals surface area (Å²) in [7, 11) is -10.8. The van der Waals surface area contributed by atoms with Crippen molar-refractivity contribution < 1.29 is 76.6 Å². The van der Waals surface area contributed by atoms with Crippen molar-refractivity contribution in [3.05, 3.63) is 155 Å². The van der Waals surface area contributed by atoms with Crippen LogP contribution < -0.4 is 0 Å². The van der Waals surface area contributed by atoms with E-state index in [-0.39, 0.29) is 39.2 Å². The predicted molar refractivity (Wildman–Crippen MR) is 267 cm³/mol. The second kappa shape index (κ2) is 21.2. The molecule has 1 N–H and O–H groups in total. The Labute approximate surface area is 435 Å². The predicted octanol–water partition coefficient (Wildman–Crippen LogP) is 11.0. The molecule has 1 aliphatic heterocycles. The summed E-state index contributed by atoms with van der Waals surface area (Å²) >= 11 is 0. The number of carbonyl (C=O) groups is 4. The second-order valence-electron chi connectivity index (χ2n) is 20.9. The van der Waals surface area contributed by atoms with Crippen LogP contribution in [0.2, 0.25) is 0 Å². The number of Topliss-reactive ketones (excluding diaryl/α,β-unsaturated/α-hetero) is 1. The molecule has 0 radical (unpaired) electrons. The molecule has 0 spiro atoms. The minimum atomic E-state index is -5.95. The molecule has 21 heteroatoms. The van der Waals surface area contributed by atoms with Gasteiger partial charge < -0.3 is 14.4 Å². The van der Waals surface area contributed by atoms with E-state index in [9.17, 15) is 67.6 Å². The summed E-state index contributed by atoms with van der Waals surface area (Å²) in [6.45, 7) is 12.7. The van der Waals surface area contributed by atoms with Gasteiger partial charge in [-0.2, -0.15) is 30.4 Å². The number of amides is 2. The van der Waals surface area contributed by atoms with Gasteiger partial charge in [-0.15, -0.1) is 9.35 Å². The van der Waals surface area contributed by atoms with Gasteiger partial charge in [-0.3, -0.25) is 14.4 Å². The minimum absolute atomic E-state index is 0.0194. The minimum Gasteiger partial charge on any atom is -0.743 e. The topological polar surface area (TPSA) is 202 Å². The standard InChI is InChI=1S/C19H14F3S.C18H19NO6S.C17H24F2O6S/c20-19(21,22)15-8-7-13-18(14-15)23(16-9-3-1-4-10-16)17-11-5-2-6-12-17;1-17(2)11-7-8-18(17,14(20)9-11)10-26(23,24)25-19-15(21)12-5-3-4-6-13(12)16(19)22;1-15(2,3)11-7-10(8-12(13(11)20)16(4,5)6)14(21)25-9-17(18,19)26(22,23)24/h1-14H;3-6,11H,7-10H2,1-2H3;7-8,20H,9H2,1-6H3,(H,22,23,24)/q+1;;/p-1. The summed E-state index contributed by atoms with van der Waals surface area (Å²) in [4.78, 5) is 52.0. The van der Waals surface area contributed by atoms with Crippen molar-refractivity contribution in [2.75, 3.05) is 12.4 Å². The number of phenolic OH excluding ortho intramolecular Hbond substituents is 1. The number of benzene rings is 5. The van der Waals surface area contributed by atoms with E-state index in [1.54, 1.807) is 59.7 Å². The number of alkyl halides is 5. The first-order chi connectivity index (χ1) is 34.5. The first-order valence-electron chi connectivity index (χ1n) is 23.4. The van der Waals surface area contributed by atoms with Crippen LogP contribution in [0.3, 0.4) is 0 Å². The van der Waals surface area contributed by atoms with Crippen LogP contribution >= 0.6 is 0 Å². The molecule has 75 heavy (non-hydrogen) atoms. The van der Waals surface area contributed by atoms with Crippen LogP contribution in [-0.4, -0.2) is 72.7 Å². The van der Waals surface area contributed by atoms with E-state index in [0.717, 1.165) is 22.3 Å². The van der Waals surface area contributed by atoms with Crippen molar-refractivity contribution >= 4 is 54.7 Å². The molecule has 402 valence electrons. The Kier molecular flexibility index (Phi) is 16.5. The average molecular weight is 1100 g/mol. The first-order valence-corrected chi connectivity index (χ1v) is 27.6. The van der Waals surface area contributed by atoms with Crippen molar-refractivity contribution in [2.45, 2.75) is 112 Å². The second-order valence-corrected chi connectivity index (χ2v) is 26.0. The zero-order valence-corrected chi connectivity index (χ0v) is 44.6. The first kappa shape index (κ1) is 58.3. The van der Waals surface area contributed by atoms with Gasteiger partial charge in [0.25, 0.3) is 21.9 Å². The van der Waals surface area contributed by atoms with Crippen molar-refractivity contribution in [1.29, 1.82) is 0 Å². The summed E-state index contributed by atoms with van der Waals surface area (Å²) < 4.78 is 132. The molecule has 0 saturated heterocycles. The fourth-order valence-electron chi connectivity index (χ4n) is 9.31. The lowest BCUT2D eigenvalue weighted by Crippen LogP contribution is -2.44. The molecule has 1 heterocycles. The normalized spacial score (nSPS) is 18.5. The van der Waals surface area contributed by atoms with E-state index in [2.05, 4.69) is 4.74 Å². The van der Waals surface area contributed by atoms with Gasteiger partial charge in [-0.05, 0) is 95.7 Å². The molecular formula is C54H56F5NO12S3. The van der Waals surface area contributed by atoms with Crippen LogP contribution in [-0.2, 0) is 62.0 Å². The molecule has 2 aliphatic carbocycles. The molecule has 2 amide bonds. The van der Waals surface area contributed by atoms with Gasteiger partial charge >= 0.3 is 17.4 Å². The van der Waals surface area contributed by atoms with Crippen LogP contribution in [0.25, 0.3) is 0 Å². The van der Waals surface area contributed by atoms with Crippen LogP contribution in [0, 0.1) is 16.7 Å². The summed E-state index contributed by atoms with van der Waals surface area (Å²) in [5.41, 5.74) is -2.34. The molecular weight excluding hydrogens is 1050 g/mol. The Hall–Kier alpha value is -6.00. The van der Waals surface area contributed by atoms with Gasteiger partial charge in [-0.1, -0.05) is 110 Å². The maximum atomic E-state index is 13.2. The number of ketones is 1. The number of fused-ring (bicyclic) bond motifs is 3. The number of nitrogens with zero attached hydrogens (tertiary/aromatic N) is 1. The maximum absolute atomic E-state index is 13.2. The van der Waals surface area contributed by atoms with E-state index < -0.39 is 99.9 Å². The maximum Gasteiger partial charge on any atom is 0.416 e. The molecule has 2 unspecified atom stereocenters. The number of hydrogen-bond donors (Lipinski definition) is 1. The summed E-state index contributed by atoms with van der Waals surface area (Å²) in [5.74, 6) is -3.30. The van der Waals surface area contributed by atoms with E-state index in [1.807, 2.05) is 74.5 Å². The molecule has 2 fully saturated rings. The average Bonchev–Trinajstić information content (AvgIpc) is 3.78. The molecule has 2 saturated carbocycles.